The normalized spacial score (nSPS) is 23.7. The summed E-state index contributed by atoms with van der Waals surface area (Å²) in [6, 6.07) is 9.93. The average molecular weight is 373 g/mol. The Hall–Kier alpha value is -1.46. The second-order valence-electron chi connectivity index (χ2n) is 6.66. The topological polar surface area (TPSA) is 32.3 Å². The third kappa shape index (κ3) is 2.76. The first-order valence-electron chi connectivity index (χ1n) is 8.15. The van der Waals surface area contributed by atoms with E-state index in [4.69, 9.17) is 0 Å². The van der Waals surface area contributed by atoms with Gasteiger partial charge in [-0.1, -0.05) is 28.1 Å². The van der Waals surface area contributed by atoms with E-state index in [0.29, 0.717) is 12.1 Å². The molecule has 0 radical (unpaired) electrons. The lowest BCUT2D eigenvalue weighted by molar-refractivity contribution is -0.00874. The monoisotopic (exact) mass is 372 g/mol. The Bertz CT molecular complexity index is 721. The summed E-state index contributed by atoms with van der Waals surface area (Å²) in [6.07, 6.45) is 3.00. The molecule has 3 saturated heterocycles. The van der Waals surface area contributed by atoms with Crippen LogP contribution in [-0.2, 0) is 6.54 Å². The van der Waals surface area contributed by atoms with E-state index in [-0.39, 0.29) is 0 Å². The predicted molar refractivity (Wildman–Crippen MR) is 95.6 cm³/mol. The van der Waals surface area contributed by atoms with E-state index in [1.807, 2.05) is 0 Å². The highest BCUT2D eigenvalue weighted by Crippen LogP contribution is 2.36. The maximum atomic E-state index is 4.53. The van der Waals surface area contributed by atoms with Crippen molar-refractivity contribution in [2.75, 3.05) is 18.0 Å². The van der Waals surface area contributed by atoms with Crippen LogP contribution in [0, 0.1) is 13.8 Å². The van der Waals surface area contributed by atoms with Gasteiger partial charge in [-0.15, -0.1) is 0 Å². The van der Waals surface area contributed by atoms with Crippen molar-refractivity contribution in [2.24, 2.45) is 0 Å². The SMILES string of the molecule is Cc1ncnc(N2CC3CC(C2)N3Cc2cccc(Br)c2)c1C. The number of anilines is 1. The molecule has 0 N–H and O–H groups in total. The number of halogens is 1. The molecule has 5 rings (SSSR count). The minimum absolute atomic E-state index is 0.641. The fourth-order valence-electron chi connectivity index (χ4n) is 3.81. The molecule has 1 aromatic carbocycles. The molecule has 120 valence electrons. The zero-order chi connectivity index (χ0) is 16.0. The van der Waals surface area contributed by atoms with Crippen LogP contribution < -0.4 is 4.90 Å². The smallest absolute Gasteiger partial charge is 0.135 e. The summed E-state index contributed by atoms with van der Waals surface area (Å²) in [5.41, 5.74) is 3.68. The number of rotatable bonds is 3. The number of aromatic nitrogens is 2. The number of hydrogen-bond acceptors (Lipinski definition) is 4. The van der Waals surface area contributed by atoms with Crippen molar-refractivity contribution in [1.82, 2.24) is 14.9 Å². The highest BCUT2D eigenvalue weighted by Gasteiger charge is 2.44. The van der Waals surface area contributed by atoms with Crippen molar-refractivity contribution in [3.05, 3.63) is 51.9 Å². The number of piperidine rings is 1. The van der Waals surface area contributed by atoms with Crippen LogP contribution in [0.5, 0.6) is 0 Å². The second-order valence-corrected chi connectivity index (χ2v) is 7.57. The Kier molecular flexibility index (Phi) is 3.85. The van der Waals surface area contributed by atoms with Crippen molar-refractivity contribution in [3.63, 3.8) is 0 Å². The van der Waals surface area contributed by atoms with Crippen molar-refractivity contribution >= 4 is 21.7 Å². The molecule has 3 aliphatic heterocycles. The first-order chi connectivity index (χ1) is 11.1. The van der Waals surface area contributed by atoms with Gasteiger partial charge in [-0.05, 0) is 38.0 Å². The number of piperazine rings is 1. The Balaban J connectivity index is 1.47. The van der Waals surface area contributed by atoms with E-state index in [0.717, 1.165) is 35.6 Å². The molecule has 2 unspecified atom stereocenters. The molecule has 0 amide bonds. The molecule has 2 atom stereocenters. The van der Waals surface area contributed by atoms with Gasteiger partial charge in [0, 0.05) is 47.4 Å². The van der Waals surface area contributed by atoms with Crippen molar-refractivity contribution in [2.45, 2.75) is 38.9 Å². The van der Waals surface area contributed by atoms with E-state index in [9.17, 15) is 0 Å². The highest BCUT2D eigenvalue weighted by atomic mass is 79.9. The van der Waals surface area contributed by atoms with Gasteiger partial charge in [0.15, 0.2) is 0 Å². The fraction of sp³-hybridized carbons (Fsp3) is 0.444. The zero-order valence-corrected chi connectivity index (χ0v) is 15.1. The highest BCUT2D eigenvalue weighted by molar-refractivity contribution is 9.10. The average Bonchev–Trinajstić information content (AvgIpc) is 2.55. The van der Waals surface area contributed by atoms with Crippen LogP contribution in [0.15, 0.2) is 35.1 Å². The number of hydrogen-bond donors (Lipinski definition) is 0. The summed E-state index contributed by atoms with van der Waals surface area (Å²) in [7, 11) is 0. The molecular formula is C18H21BrN4. The summed E-state index contributed by atoms with van der Waals surface area (Å²) in [5, 5.41) is 0. The van der Waals surface area contributed by atoms with Gasteiger partial charge in [-0.3, -0.25) is 4.90 Å². The van der Waals surface area contributed by atoms with E-state index < -0.39 is 0 Å². The summed E-state index contributed by atoms with van der Waals surface area (Å²) in [4.78, 5) is 13.9. The van der Waals surface area contributed by atoms with Gasteiger partial charge in [0.25, 0.3) is 0 Å². The molecule has 23 heavy (non-hydrogen) atoms. The first-order valence-corrected chi connectivity index (χ1v) is 8.94. The van der Waals surface area contributed by atoms with Crippen LogP contribution in [0.3, 0.4) is 0 Å². The van der Waals surface area contributed by atoms with Crippen LogP contribution >= 0.6 is 15.9 Å². The number of benzene rings is 1. The summed E-state index contributed by atoms with van der Waals surface area (Å²) in [6.45, 7) is 7.38. The number of fused-ring (bicyclic) bond motifs is 2. The third-order valence-electron chi connectivity index (χ3n) is 5.21. The first kappa shape index (κ1) is 15.1. The molecule has 1 aromatic heterocycles. The molecule has 2 bridgehead atoms. The predicted octanol–water partition coefficient (Wildman–Crippen LogP) is 3.32. The van der Waals surface area contributed by atoms with E-state index >= 15 is 0 Å². The van der Waals surface area contributed by atoms with Crippen LogP contribution in [0.4, 0.5) is 5.82 Å². The Morgan fingerprint density at radius 1 is 1.17 bits per heavy atom. The van der Waals surface area contributed by atoms with Crippen LogP contribution in [0.25, 0.3) is 0 Å². The van der Waals surface area contributed by atoms with Crippen LogP contribution in [-0.4, -0.2) is 40.0 Å². The molecule has 5 heteroatoms. The standard InChI is InChI=1S/C18H21BrN4/c1-12-13(2)20-11-21-18(12)22-9-16-7-17(10-22)23(16)8-14-4-3-5-15(19)6-14/h3-6,11,16-17H,7-10H2,1-2H3. The molecule has 2 aromatic rings. The molecule has 0 aliphatic carbocycles. The Morgan fingerprint density at radius 2 is 1.96 bits per heavy atom. The zero-order valence-electron chi connectivity index (χ0n) is 13.5. The van der Waals surface area contributed by atoms with Gasteiger partial charge < -0.3 is 4.90 Å². The summed E-state index contributed by atoms with van der Waals surface area (Å²) in [5.74, 6) is 1.12. The Morgan fingerprint density at radius 3 is 2.70 bits per heavy atom. The minimum atomic E-state index is 0.641. The lowest BCUT2D eigenvalue weighted by atomic mass is 9.86. The van der Waals surface area contributed by atoms with Crippen molar-refractivity contribution in [3.8, 4) is 0 Å². The maximum Gasteiger partial charge on any atom is 0.135 e. The van der Waals surface area contributed by atoms with Gasteiger partial charge in [-0.25, -0.2) is 9.97 Å². The summed E-state index contributed by atoms with van der Waals surface area (Å²) < 4.78 is 1.16. The molecule has 4 nitrogen and oxygen atoms in total. The van der Waals surface area contributed by atoms with Gasteiger partial charge in [0.2, 0.25) is 0 Å². The molecule has 4 heterocycles. The van der Waals surface area contributed by atoms with Gasteiger partial charge >= 0.3 is 0 Å². The van der Waals surface area contributed by atoms with Crippen molar-refractivity contribution < 1.29 is 0 Å². The largest absolute Gasteiger partial charge is 0.353 e. The van der Waals surface area contributed by atoms with Gasteiger partial charge in [-0.2, -0.15) is 0 Å². The number of nitrogens with zero attached hydrogens (tertiary/aromatic N) is 4. The molecular weight excluding hydrogens is 352 g/mol. The van der Waals surface area contributed by atoms with Crippen LogP contribution in [0.1, 0.15) is 23.2 Å². The fourth-order valence-corrected chi connectivity index (χ4v) is 4.26. The van der Waals surface area contributed by atoms with E-state index in [1.165, 1.54) is 17.5 Å². The maximum absolute atomic E-state index is 4.53. The second kappa shape index (κ2) is 5.87. The lowest BCUT2D eigenvalue weighted by Gasteiger charge is -2.57. The Labute approximate surface area is 145 Å². The lowest BCUT2D eigenvalue weighted by Crippen LogP contribution is -2.68. The molecule has 0 saturated carbocycles. The molecule has 3 fully saturated rings. The third-order valence-corrected chi connectivity index (χ3v) is 5.70. The number of aryl methyl sites for hydroxylation is 1. The van der Waals surface area contributed by atoms with Gasteiger partial charge in [0.05, 0.1) is 0 Å². The molecule has 0 spiro atoms. The van der Waals surface area contributed by atoms with E-state index in [1.54, 1.807) is 6.33 Å². The van der Waals surface area contributed by atoms with Crippen molar-refractivity contribution in [1.29, 1.82) is 0 Å². The van der Waals surface area contributed by atoms with E-state index in [2.05, 4.69) is 73.8 Å². The quantitative estimate of drug-likeness (QED) is 0.826. The van der Waals surface area contributed by atoms with Gasteiger partial charge in [0.1, 0.15) is 12.1 Å². The van der Waals surface area contributed by atoms with Crippen LogP contribution in [0.2, 0.25) is 0 Å². The summed E-state index contributed by atoms with van der Waals surface area (Å²) >= 11 is 3.57. The molecule has 3 aliphatic rings. The minimum Gasteiger partial charge on any atom is -0.353 e.